The van der Waals surface area contributed by atoms with Gasteiger partial charge in [-0.1, -0.05) is 0 Å². The highest BCUT2D eigenvalue weighted by Gasteiger charge is 2.27. The van der Waals surface area contributed by atoms with Gasteiger partial charge < -0.3 is 15.0 Å². The fourth-order valence-electron chi connectivity index (χ4n) is 2.21. The number of ether oxygens (including phenoxy) is 1. The quantitative estimate of drug-likeness (QED) is 0.881. The van der Waals surface area contributed by atoms with Crippen molar-refractivity contribution in [2.45, 2.75) is 45.3 Å². The van der Waals surface area contributed by atoms with Crippen LogP contribution >= 0.6 is 15.9 Å². The van der Waals surface area contributed by atoms with Crippen molar-refractivity contribution in [3.63, 3.8) is 0 Å². The molecule has 21 heavy (non-hydrogen) atoms. The number of carbonyl (C=O) groups excluding carboxylic acids is 1. The lowest BCUT2D eigenvalue weighted by Gasteiger charge is -2.34. The maximum Gasteiger partial charge on any atom is 0.410 e. The molecule has 0 saturated carbocycles. The Kier molecular flexibility index (Phi) is 5.03. The topological polar surface area (TPSA) is 67.3 Å². The van der Waals surface area contributed by atoms with Crippen LogP contribution in [0.5, 0.6) is 0 Å². The molecular formula is C14H21BrN4O2. The van der Waals surface area contributed by atoms with Gasteiger partial charge in [0.2, 0.25) is 0 Å². The largest absolute Gasteiger partial charge is 0.444 e. The summed E-state index contributed by atoms with van der Waals surface area (Å²) in [5.74, 6) is 0.709. The third-order valence-electron chi connectivity index (χ3n) is 3.03. The molecule has 1 aromatic heterocycles. The van der Waals surface area contributed by atoms with Gasteiger partial charge in [0.1, 0.15) is 16.0 Å². The molecule has 0 aliphatic carbocycles. The lowest BCUT2D eigenvalue weighted by Crippen LogP contribution is -2.47. The third kappa shape index (κ3) is 5.15. The van der Waals surface area contributed by atoms with Crippen LogP contribution in [0.2, 0.25) is 0 Å². The van der Waals surface area contributed by atoms with Gasteiger partial charge in [-0.05, 0) is 49.5 Å². The molecule has 1 fully saturated rings. The molecule has 1 aromatic rings. The van der Waals surface area contributed by atoms with E-state index in [-0.39, 0.29) is 12.1 Å². The molecule has 0 spiro atoms. The second-order valence-corrected chi connectivity index (χ2v) is 6.95. The SMILES string of the molecule is CC(C)(C)OC(=O)N1CCCC(Nc2cncc(Br)n2)C1. The number of nitrogens with one attached hydrogen (secondary N) is 1. The van der Waals surface area contributed by atoms with Crippen LogP contribution in [-0.2, 0) is 4.74 Å². The summed E-state index contributed by atoms with van der Waals surface area (Å²) < 4.78 is 6.11. The number of carbonyl (C=O) groups is 1. The maximum atomic E-state index is 12.1. The minimum absolute atomic E-state index is 0.162. The van der Waals surface area contributed by atoms with E-state index in [1.165, 1.54) is 0 Å². The van der Waals surface area contributed by atoms with E-state index in [1.807, 2.05) is 20.8 Å². The van der Waals surface area contributed by atoms with Crippen molar-refractivity contribution in [3.8, 4) is 0 Å². The number of hydrogen-bond donors (Lipinski definition) is 1. The highest BCUT2D eigenvalue weighted by atomic mass is 79.9. The van der Waals surface area contributed by atoms with Gasteiger partial charge in [0, 0.05) is 19.1 Å². The van der Waals surface area contributed by atoms with Gasteiger partial charge in [-0.25, -0.2) is 9.78 Å². The monoisotopic (exact) mass is 356 g/mol. The molecule has 116 valence electrons. The summed E-state index contributed by atoms with van der Waals surface area (Å²) in [6.07, 6.45) is 5.00. The summed E-state index contributed by atoms with van der Waals surface area (Å²) in [4.78, 5) is 22.2. The van der Waals surface area contributed by atoms with Crippen LogP contribution in [0.25, 0.3) is 0 Å². The first-order valence-corrected chi connectivity index (χ1v) is 7.85. The van der Waals surface area contributed by atoms with E-state index >= 15 is 0 Å². The van der Waals surface area contributed by atoms with Crippen molar-refractivity contribution < 1.29 is 9.53 Å². The summed E-state index contributed by atoms with van der Waals surface area (Å²) in [5.41, 5.74) is -0.465. The molecule has 2 heterocycles. The molecule has 1 atom stereocenters. The van der Waals surface area contributed by atoms with E-state index in [9.17, 15) is 4.79 Å². The van der Waals surface area contributed by atoms with Gasteiger partial charge in [-0.15, -0.1) is 0 Å². The molecule has 7 heteroatoms. The first kappa shape index (κ1) is 16.0. The number of hydrogen-bond acceptors (Lipinski definition) is 5. The van der Waals surface area contributed by atoms with Crippen molar-refractivity contribution >= 4 is 27.8 Å². The molecule has 1 aliphatic rings. The Labute approximate surface area is 133 Å². The minimum atomic E-state index is -0.465. The van der Waals surface area contributed by atoms with Gasteiger partial charge in [0.25, 0.3) is 0 Å². The number of anilines is 1. The fraction of sp³-hybridized carbons (Fsp3) is 0.643. The molecule has 1 aliphatic heterocycles. The highest BCUT2D eigenvalue weighted by Crippen LogP contribution is 2.18. The summed E-state index contributed by atoms with van der Waals surface area (Å²) in [7, 11) is 0. The maximum absolute atomic E-state index is 12.1. The van der Waals surface area contributed by atoms with Crippen molar-refractivity contribution in [1.82, 2.24) is 14.9 Å². The molecular weight excluding hydrogens is 336 g/mol. The number of piperidine rings is 1. The first-order chi connectivity index (χ1) is 9.83. The predicted molar refractivity (Wildman–Crippen MR) is 84.2 cm³/mol. The van der Waals surface area contributed by atoms with Crippen LogP contribution in [-0.4, -0.2) is 45.7 Å². The molecule has 0 radical (unpaired) electrons. The van der Waals surface area contributed by atoms with Gasteiger partial charge >= 0.3 is 6.09 Å². The van der Waals surface area contributed by atoms with E-state index in [2.05, 4.69) is 31.2 Å². The first-order valence-electron chi connectivity index (χ1n) is 7.05. The van der Waals surface area contributed by atoms with Crippen molar-refractivity contribution in [2.24, 2.45) is 0 Å². The summed E-state index contributed by atoms with van der Waals surface area (Å²) >= 11 is 3.30. The van der Waals surface area contributed by atoms with Crippen LogP contribution in [0.1, 0.15) is 33.6 Å². The number of aromatic nitrogens is 2. The van der Waals surface area contributed by atoms with Gasteiger partial charge in [0.05, 0.1) is 12.4 Å². The molecule has 1 amide bonds. The molecule has 2 rings (SSSR count). The standard InChI is InChI=1S/C14H21BrN4O2/c1-14(2,3)21-13(20)19-6-4-5-10(9-19)17-12-8-16-7-11(15)18-12/h7-8,10H,4-6,9H2,1-3H3,(H,17,18). The number of likely N-dealkylation sites (tertiary alicyclic amines) is 1. The normalized spacial score (nSPS) is 19.2. The Hall–Kier alpha value is -1.37. The Bertz CT molecular complexity index is 504. The van der Waals surface area contributed by atoms with Crippen LogP contribution < -0.4 is 5.32 Å². The number of halogens is 1. The molecule has 1 saturated heterocycles. The van der Waals surface area contributed by atoms with E-state index in [0.29, 0.717) is 17.0 Å². The lowest BCUT2D eigenvalue weighted by molar-refractivity contribution is 0.0206. The molecule has 0 bridgehead atoms. The van der Waals surface area contributed by atoms with Crippen LogP contribution in [0.15, 0.2) is 17.0 Å². The predicted octanol–water partition coefficient (Wildman–Crippen LogP) is 3.05. The Balaban J connectivity index is 1.93. The highest BCUT2D eigenvalue weighted by molar-refractivity contribution is 9.10. The van der Waals surface area contributed by atoms with Crippen molar-refractivity contribution in [2.75, 3.05) is 18.4 Å². The zero-order valence-electron chi connectivity index (χ0n) is 12.6. The summed E-state index contributed by atoms with van der Waals surface area (Å²) in [6, 6.07) is 0.162. The summed E-state index contributed by atoms with van der Waals surface area (Å²) in [6.45, 7) is 6.98. The average Bonchev–Trinajstić information content (AvgIpc) is 2.37. The average molecular weight is 357 g/mol. The zero-order valence-corrected chi connectivity index (χ0v) is 14.2. The van der Waals surface area contributed by atoms with Gasteiger partial charge in [-0.2, -0.15) is 0 Å². The smallest absolute Gasteiger partial charge is 0.410 e. The van der Waals surface area contributed by atoms with Gasteiger partial charge in [0.15, 0.2) is 0 Å². The van der Waals surface area contributed by atoms with Crippen molar-refractivity contribution in [3.05, 3.63) is 17.0 Å². The van der Waals surface area contributed by atoms with E-state index in [1.54, 1.807) is 17.3 Å². The van der Waals surface area contributed by atoms with Crippen LogP contribution in [0.3, 0.4) is 0 Å². The van der Waals surface area contributed by atoms with Crippen LogP contribution in [0.4, 0.5) is 10.6 Å². The van der Waals surface area contributed by atoms with E-state index in [0.717, 1.165) is 19.4 Å². The second-order valence-electron chi connectivity index (χ2n) is 6.14. The van der Waals surface area contributed by atoms with E-state index in [4.69, 9.17) is 4.74 Å². The fourth-order valence-corrected chi connectivity index (χ4v) is 2.52. The Morgan fingerprint density at radius 1 is 1.48 bits per heavy atom. The number of nitrogens with zero attached hydrogens (tertiary/aromatic N) is 3. The molecule has 6 nitrogen and oxygen atoms in total. The molecule has 1 unspecified atom stereocenters. The number of amides is 1. The zero-order chi connectivity index (χ0) is 15.5. The second kappa shape index (κ2) is 6.60. The molecule has 1 N–H and O–H groups in total. The summed E-state index contributed by atoms with van der Waals surface area (Å²) in [5, 5.41) is 3.32. The van der Waals surface area contributed by atoms with Gasteiger partial charge in [-0.3, -0.25) is 4.98 Å². The number of rotatable bonds is 2. The van der Waals surface area contributed by atoms with Crippen molar-refractivity contribution in [1.29, 1.82) is 0 Å². The third-order valence-corrected chi connectivity index (χ3v) is 3.41. The minimum Gasteiger partial charge on any atom is -0.444 e. The Morgan fingerprint density at radius 3 is 2.90 bits per heavy atom. The van der Waals surface area contributed by atoms with E-state index < -0.39 is 5.60 Å². The lowest BCUT2D eigenvalue weighted by atomic mass is 10.1. The van der Waals surface area contributed by atoms with Crippen LogP contribution in [0, 0.1) is 0 Å². The Morgan fingerprint density at radius 2 is 2.24 bits per heavy atom. The molecule has 0 aromatic carbocycles.